The molecule has 0 aromatic heterocycles. The molecule has 2 saturated heterocycles. The Labute approximate surface area is 192 Å². The molecule has 2 aromatic rings. The van der Waals surface area contributed by atoms with Crippen LogP contribution in [0.5, 0.6) is 0 Å². The lowest BCUT2D eigenvalue weighted by atomic mass is 9.94. The van der Waals surface area contributed by atoms with Gasteiger partial charge in [0.2, 0.25) is 5.91 Å². The van der Waals surface area contributed by atoms with E-state index in [1.165, 1.54) is 16.8 Å². The van der Waals surface area contributed by atoms with Crippen molar-refractivity contribution < 1.29 is 4.79 Å². The van der Waals surface area contributed by atoms with Crippen molar-refractivity contribution in [1.82, 2.24) is 9.80 Å². The minimum Gasteiger partial charge on any atom is -0.368 e. The molecule has 0 saturated carbocycles. The van der Waals surface area contributed by atoms with Gasteiger partial charge in [0.15, 0.2) is 0 Å². The minimum absolute atomic E-state index is 0.170. The van der Waals surface area contributed by atoms with Crippen LogP contribution in [0.25, 0.3) is 0 Å². The summed E-state index contributed by atoms with van der Waals surface area (Å²) in [5, 5.41) is 0.767. The molecular weight excluding hydrogens is 462 g/mol. The maximum Gasteiger partial charge on any atom is 0.225 e. The number of carbonyl (C=O) groups is 1. The lowest BCUT2D eigenvalue weighted by Crippen LogP contribution is -2.51. The van der Waals surface area contributed by atoms with E-state index in [1.807, 2.05) is 12.1 Å². The fourth-order valence-electron chi connectivity index (χ4n) is 4.58. The SMILES string of the molecule is Cc1ccc(Cl)cc1N1CCN(C(=O)C2CCN(Cc3cccc(Br)c3)CC2)CC1. The van der Waals surface area contributed by atoms with E-state index in [0.29, 0.717) is 5.91 Å². The van der Waals surface area contributed by atoms with Crippen LogP contribution >= 0.6 is 27.5 Å². The van der Waals surface area contributed by atoms with Gasteiger partial charge < -0.3 is 9.80 Å². The van der Waals surface area contributed by atoms with Crippen LogP contribution in [0, 0.1) is 12.8 Å². The van der Waals surface area contributed by atoms with Gasteiger partial charge in [-0.15, -0.1) is 0 Å². The van der Waals surface area contributed by atoms with E-state index in [1.54, 1.807) is 0 Å². The first-order chi connectivity index (χ1) is 14.5. The quantitative estimate of drug-likeness (QED) is 0.605. The maximum absolute atomic E-state index is 13.1. The summed E-state index contributed by atoms with van der Waals surface area (Å²) < 4.78 is 1.12. The first kappa shape index (κ1) is 21.7. The van der Waals surface area contributed by atoms with Gasteiger partial charge >= 0.3 is 0 Å². The molecule has 2 aromatic carbocycles. The standard InChI is InChI=1S/C24H29BrClN3O/c1-18-5-6-22(26)16-23(18)28-11-13-29(14-12-28)24(30)20-7-9-27(10-8-20)17-19-3-2-4-21(25)15-19/h2-6,15-16,20H,7-14,17H2,1H3. The van der Waals surface area contributed by atoms with Gasteiger partial charge in [-0.2, -0.15) is 0 Å². The summed E-state index contributed by atoms with van der Waals surface area (Å²) in [6.07, 6.45) is 1.92. The Bertz CT molecular complexity index is 890. The molecule has 0 bridgehead atoms. The van der Waals surface area contributed by atoms with Crippen molar-refractivity contribution in [2.24, 2.45) is 5.92 Å². The van der Waals surface area contributed by atoms with Gasteiger partial charge in [-0.1, -0.05) is 45.7 Å². The molecule has 0 spiro atoms. The normalized spacial score (nSPS) is 18.6. The van der Waals surface area contributed by atoms with Crippen LogP contribution in [0.2, 0.25) is 5.02 Å². The molecular formula is C24H29BrClN3O. The molecule has 1 amide bonds. The molecule has 30 heavy (non-hydrogen) atoms. The van der Waals surface area contributed by atoms with Gasteiger partial charge in [-0.25, -0.2) is 0 Å². The molecule has 160 valence electrons. The number of likely N-dealkylation sites (tertiary alicyclic amines) is 1. The second kappa shape index (κ2) is 9.71. The summed E-state index contributed by atoms with van der Waals surface area (Å²) in [4.78, 5) is 20.0. The monoisotopic (exact) mass is 489 g/mol. The number of piperazine rings is 1. The highest BCUT2D eigenvalue weighted by Gasteiger charge is 2.30. The lowest BCUT2D eigenvalue weighted by Gasteiger charge is -2.39. The van der Waals surface area contributed by atoms with Gasteiger partial charge in [0.05, 0.1) is 0 Å². The number of halogens is 2. The van der Waals surface area contributed by atoms with E-state index >= 15 is 0 Å². The van der Waals surface area contributed by atoms with Crippen molar-refractivity contribution in [1.29, 1.82) is 0 Å². The van der Waals surface area contributed by atoms with E-state index in [2.05, 4.69) is 67.9 Å². The first-order valence-electron chi connectivity index (χ1n) is 10.8. The number of anilines is 1. The molecule has 2 aliphatic rings. The Hall–Kier alpha value is -1.56. The van der Waals surface area contributed by atoms with Crippen LogP contribution in [0.4, 0.5) is 5.69 Å². The third-order valence-corrected chi connectivity index (χ3v) is 7.06. The summed E-state index contributed by atoms with van der Waals surface area (Å²) in [5.41, 5.74) is 3.74. The summed E-state index contributed by atoms with van der Waals surface area (Å²) in [5.74, 6) is 0.516. The predicted octanol–water partition coefficient (Wildman–Crippen LogP) is 4.97. The highest BCUT2D eigenvalue weighted by atomic mass is 79.9. The highest BCUT2D eigenvalue weighted by Crippen LogP contribution is 2.27. The molecule has 0 aliphatic carbocycles. The van der Waals surface area contributed by atoms with E-state index in [9.17, 15) is 4.79 Å². The van der Waals surface area contributed by atoms with Crippen molar-refractivity contribution in [3.63, 3.8) is 0 Å². The molecule has 0 atom stereocenters. The third kappa shape index (κ3) is 5.19. The van der Waals surface area contributed by atoms with Gasteiger partial charge in [0, 0.05) is 53.8 Å². The van der Waals surface area contributed by atoms with Crippen LogP contribution in [-0.4, -0.2) is 55.0 Å². The van der Waals surface area contributed by atoms with Crippen LogP contribution < -0.4 is 4.90 Å². The fraction of sp³-hybridized carbons (Fsp3) is 0.458. The largest absolute Gasteiger partial charge is 0.368 e. The molecule has 6 heteroatoms. The lowest BCUT2D eigenvalue weighted by molar-refractivity contribution is -0.137. The summed E-state index contributed by atoms with van der Waals surface area (Å²) in [7, 11) is 0. The van der Waals surface area contributed by atoms with Crippen molar-refractivity contribution in [2.45, 2.75) is 26.3 Å². The Morgan fingerprint density at radius 2 is 1.77 bits per heavy atom. The predicted molar refractivity (Wildman–Crippen MR) is 127 cm³/mol. The number of hydrogen-bond acceptors (Lipinski definition) is 3. The molecule has 0 unspecified atom stereocenters. The zero-order chi connectivity index (χ0) is 21.1. The average Bonchev–Trinajstić information content (AvgIpc) is 2.76. The molecule has 4 rings (SSSR count). The van der Waals surface area contributed by atoms with Gasteiger partial charge in [-0.05, 0) is 68.2 Å². The Morgan fingerprint density at radius 1 is 1.03 bits per heavy atom. The minimum atomic E-state index is 0.170. The molecule has 2 heterocycles. The fourth-order valence-corrected chi connectivity index (χ4v) is 5.19. The molecule has 2 fully saturated rings. The molecule has 2 aliphatic heterocycles. The maximum atomic E-state index is 13.1. The molecule has 4 nitrogen and oxygen atoms in total. The van der Waals surface area contributed by atoms with E-state index in [0.717, 1.165) is 68.2 Å². The Balaban J connectivity index is 1.26. The van der Waals surface area contributed by atoms with Crippen molar-refractivity contribution in [3.8, 4) is 0 Å². The van der Waals surface area contributed by atoms with Gasteiger partial charge in [0.25, 0.3) is 0 Å². The zero-order valence-corrected chi connectivity index (χ0v) is 19.8. The number of carbonyl (C=O) groups excluding carboxylic acids is 1. The summed E-state index contributed by atoms with van der Waals surface area (Å²) in [6.45, 7) is 8.38. The second-order valence-electron chi connectivity index (χ2n) is 8.42. The number of hydrogen-bond donors (Lipinski definition) is 0. The smallest absolute Gasteiger partial charge is 0.225 e. The second-order valence-corrected chi connectivity index (χ2v) is 9.78. The first-order valence-corrected chi connectivity index (χ1v) is 11.9. The van der Waals surface area contributed by atoms with Crippen LogP contribution in [0.15, 0.2) is 46.9 Å². The number of benzene rings is 2. The van der Waals surface area contributed by atoms with Crippen LogP contribution in [-0.2, 0) is 11.3 Å². The molecule has 0 radical (unpaired) electrons. The van der Waals surface area contributed by atoms with E-state index < -0.39 is 0 Å². The number of amides is 1. The Morgan fingerprint density at radius 3 is 2.47 bits per heavy atom. The van der Waals surface area contributed by atoms with Crippen molar-refractivity contribution in [2.75, 3.05) is 44.2 Å². The summed E-state index contributed by atoms with van der Waals surface area (Å²) >= 11 is 9.74. The summed E-state index contributed by atoms with van der Waals surface area (Å²) in [6, 6.07) is 14.5. The van der Waals surface area contributed by atoms with Gasteiger partial charge in [0.1, 0.15) is 0 Å². The number of piperidine rings is 1. The van der Waals surface area contributed by atoms with E-state index in [-0.39, 0.29) is 5.92 Å². The number of aryl methyl sites for hydroxylation is 1. The van der Waals surface area contributed by atoms with Crippen LogP contribution in [0.3, 0.4) is 0 Å². The number of nitrogens with zero attached hydrogens (tertiary/aromatic N) is 3. The zero-order valence-electron chi connectivity index (χ0n) is 17.5. The van der Waals surface area contributed by atoms with Gasteiger partial charge in [-0.3, -0.25) is 9.69 Å². The Kier molecular flexibility index (Phi) is 7.01. The van der Waals surface area contributed by atoms with Crippen molar-refractivity contribution in [3.05, 3.63) is 63.1 Å². The highest BCUT2D eigenvalue weighted by molar-refractivity contribution is 9.10. The third-order valence-electron chi connectivity index (χ3n) is 6.34. The molecule has 0 N–H and O–H groups in total. The number of rotatable bonds is 4. The average molecular weight is 491 g/mol. The van der Waals surface area contributed by atoms with E-state index in [4.69, 9.17) is 11.6 Å². The van der Waals surface area contributed by atoms with Crippen LogP contribution in [0.1, 0.15) is 24.0 Å². The topological polar surface area (TPSA) is 26.8 Å². The van der Waals surface area contributed by atoms with Crippen molar-refractivity contribution >= 4 is 39.1 Å².